The van der Waals surface area contributed by atoms with Crippen LogP contribution in [0.4, 0.5) is 0 Å². The molecule has 0 saturated carbocycles. The van der Waals surface area contributed by atoms with Gasteiger partial charge in [-0.3, -0.25) is 0 Å². The third-order valence-corrected chi connectivity index (χ3v) is 0. The molecular formula is CuNdNiSmYb. The summed E-state index contributed by atoms with van der Waals surface area (Å²) in [7, 11) is 0. The summed E-state index contributed by atoms with van der Waals surface area (Å²) in [4.78, 5) is 0. The van der Waals surface area contributed by atoms with E-state index in [9.17, 15) is 0 Å². The van der Waals surface area contributed by atoms with Gasteiger partial charge in [0.15, 0.2) is 0 Å². The Balaban J connectivity index is 0. The third kappa shape index (κ3) is 17.6. The zero-order chi connectivity index (χ0) is 0. The van der Waals surface area contributed by atoms with Crippen LogP contribution in [0, 0.1) is 128 Å². The van der Waals surface area contributed by atoms with Crippen molar-refractivity contribution in [3.63, 3.8) is 0 Å². The van der Waals surface area contributed by atoms with Crippen molar-refractivity contribution < 1.29 is 162 Å². The van der Waals surface area contributed by atoms with E-state index in [1.165, 1.54) is 0 Å². The molecule has 0 nitrogen and oxygen atoms in total. The molecule has 5 heavy (non-hydrogen) atoms. The van der Waals surface area contributed by atoms with Gasteiger partial charge in [0.05, 0.1) is 0 Å². The minimum atomic E-state index is 0. The van der Waals surface area contributed by atoms with Crippen LogP contribution in [-0.4, -0.2) is 0 Å². The van der Waals surface area contributed by atoms with E-state index in [1.807, 2.05) is 0 Å². The Morgan fingerprint density at radius 1 is 1.00 bits per heavy atom. The fourth-order valence-corrected chi connectivity index (χ4v) is 0. The van der Waals surface area contributed by atoms with Crippen molar-refractivity contribution in [2.45, 2.75) is 0 Å². The van der Waals surface area contributed by atoms with Crippen LogP contribution in [0.25, 0.3) is 0 Å². The minimum Gasteiger partial charge on any atom is 0 e. The van der Waals surface area contributed by atoms with Crippen LogP contribution in [0.15, 0.2) is 0 Å². The van der Waals surface area contributed by atoms with E-state index in [0.29, 0.717) is 0 Å². The first-order valence-corrected chi connectivity index (χ1v) is 0. The first-order chi connectivity index (χ1) is 0. The Morgan fingerprint density at radius 3 is 1.00 bits per heavy atom. The van der Waals surface area contributed by atoms with Gasteiger partial charge in [-0.15, -0.1) is 0 Å². The van der Waals surface area contributed by atoms with E-state index in [2.05, 4.69) is 0 Å². The SMILES string of the molecule is [Cu].[Nd].[Ni].[Sm].[Yb]. The van der Waals surface area contributed by atoms with Crippen molar-refractivity contribution in [2.24, 2.45) is 0 Å². The third-order valence-electron chi connectivity index (χ3n) is 0. The molecule has 0 bridgehead atoms. The summed E-state index contributed by atoms with van der Waals surface area (Å²) >= 11 is 0. The monoisotopic (exact) mass is 589 g/mol. The topological polar surface area (TPSA) is 0 Å². The quantitative estimate of drug-likeness (QED) is 0.349. The van der Waals surface area contributed by atoms with E-state index in [4.69, 9.17) is 0 Å². The van der Waals surface area contributed by atoms with Crippen molar-refractivity contribution in [1.82, 2.24) is 0 Å². The zero-order valence-electron chi connectivity index (χ0n) is 1.79. The Labute approximate surface area is 156 Å². The molecule has 5 heteroatoms. The second-order valence-corrected chi connectivity index (χ2v) is 0. The largest absolute Gasteiger partial charge is 0 e. The average Bonchev–Trinajstić information content (AvgIpc) is 0. The molecule has 0 aromatic rings. The average molecular weight is 590 g/mol. The van der Waals surface area contributed by atoms with Gasteiger partial charge in [-0.2, -0.15) is 0 Å². The standard InChI is InChI=1S/Cu.Nd.Ni.Sm.Yb. The molecule has 0 spiro atoms. The van der Waals surface area contributed by atoms with Gasteiger partial charge in [0.2, 0.25) is 0 Å². The fourth-order valence-electron chi connectivity index (χ4n) is 0. The maximum Gasteiger partial charge on any atom is 0 e. The minimum absolute atomic E-state index is 0. The van der Waals surface area contributed by atoms with Gasteiger partial charge >= 0.3 is 0 Å². The molecule has 0 aromatic heterocycles. The van der Waals surface area contributed by atoms with Crippen LogP contribution in [-0.2, 0) is 33.6 Å². The van der Waals surface area contributed by atoms with Crippen LogP contribution < -0.4 is 0 Å². The van der Waals surface area contributed by atoms with Crippen LogP contribution in [0.2, 0.25) is 0 Å². The summed E-state index contributed by atoms with van der Waals surface area (Å²) in [6.45, 7) is 0. The van der Waals surface area contributed by atoms with E-state index in [1.54, 1.807) is 0 Å². The molecule has 0 saturated heterocycles. The molecule has 0 atom stereocenters. The van der Waals surface area contributed by atoms with E-state index < -0.39 is 0 Å². The molecule has 0 aliphatic rings. The van der Waals surface area contributed by atoms with Crippen LogP contribution in [0.1, 0.15) is 0 Å². The Morgan fingerprint density at radius 2 is 1.00 bits per heavy atom. The molecule has 0 amide bonds. The predicted octanol–water partition coefficient (Wildman–Crippen LogP) is -0.00500. The summed E-state index contributed by atoms with van der Waals surface area (Å²) < 4.78 is 0. The van der Waals surface area contributed by atoms with Gasteiger partial charge in [-0.25, -0.2) is 0 Å². The molecule has 0 aromatic carbocycles. The summed E-state index contributed by atoms with van der Waals surface area (Å²) in [5, 5.41) is 0. The van der Waals surface area contributed by atoms with Crippen LogP contribution in [0.3, 0.4) is 0 Å². The first kappa shape index (κ1) is 31.9. The first-order valence-electron chi connectivity index (χ1n) is 0. The van der Waals surface area contributed by atoms with Crippen molar-refractivity contribution in [3.05, 3.63) is 0 Å². The number of rotatable bonds is 0. The van der Waals surface area contributed by atoms with Crippen molar-refractivity contribution >= 4 is 0 Å². The molecule has 0 N–H and O–H groups in total. The molecule has 1 radical (unpaired) electrons. The van der Waals surface area contributed by atoms with Crippen molar-refractivity contribution in [3.8, 4) is 0 Å². The summed E-state index contributed by atoms with van der Waals surface area (Å²) in [5.74, 6) is 0. The number of hydrogen-bond donors (Lipinski definition) is 0. The van der Waals surface area contributed by atoms with Gasteiger partial charge in [0.1, 0.15) is 0 Å². The van der Waals surface area contributed by atoms with Gasteiger partial charge in [-0.1, -0.05) is 0 Å². The van der Waals surface area contributed by atoms with Gasteiger partial charge in [0.25, 0.3) is 0 Å². The molecule has 0 aliphatic carbocycles. The molecular weight excluding hydrogens is 590 g/mol. The van der Waals surface area contributed by atoms with Gasteiger partial charge < -0.3 is 0 Å². The van der Waals surface area contributed by atoms with E-state index >= 15 is 0 Å². The van der Waals surface area contributed by atoms with E-state index in [0.717, 1.165) is 0 Å². The smallest absolute Gasteiger partial charge is 0 e. The van der Waals surface area contributed by atoms with Crippen LogP contribution in [0.5, 0.6) is 0 Å². The van der Waals surface area contributed by atoms with Gasteiger partial charge in [-0.05, 0) is 0 Å². The predicted molar refractivity (Wildman–Crippen MR) is 0 cm³/mol. The van der Waals surface area contributed by atoms with Gasteiger partial charge in [0, 0.05) is 162 Å². The maximum absolute atomic E-state index is 0. The fraction of sp³-hybridized carbons (Fsp3) is 0. The second-order valence-electron chi connectivity index (χ2n) is 0. The summed E-state index contributed by atoms with van der Waals surface area (Å²) in [6, 6.07) is 0. The summed E-state index contributed by atoms with van der Waals surface area (Å²) in [5.41, 5.74) is 0. The Bertz CT molecular complexity index is 11.6. The zero-order valence-corrected chi connectivity index (χ0v) is 11.3. The summed E-state index contributed by atoms with van der Waals surface area (Å²) in [6.07, 6.45) is 0. The molecule has 0 unspecified atom stereocenters. The van der Waals surface area contributed by atoms with Crippen molar-refractivity contribution in [1.29, 1.82) is 0 Å². The Kier molecular flexibility index (Phi) is 146. The molecule has 0 aliphatic heterocycles. The second kappa shape index (κ2) is 22.9. The number of hydrogen-bond acceptors (Lipinski definition) is 0. The van der Waals surface area contributed by atoms with Crippen LogP contribution >= 0.6 is 0 Å². The molecule has 0 heterocycles. The van der Waals surface area contributed by atoms with E-state index in [-0.39, 0.29) is 162 Å². The molecule has 0 rings (SSSR count). The Hall–Kier alpha value is 5.22. The molecule has 0 fully saturated rings. The molecule has 45 valence electrons. The normalized spacial score (nSPS) is 0. The van der Waals surface area contributed by atoms with Crippen molar-refractivity contribution in [2.75, 3.05) is 0 Å². The maximum atomic E-state index is 0.